The molecule has 3 aromatic rings. The van der Waals surface area contributed by atoms with Gasteiger partial charge in [-0.1, -0.05) is 25.6 Å². The molecule has 2 aromatic carbocycles. The lowest BCUT2D eigenvalue weighted by Crippen LogP contribution is -2.18. The predicted octanol–water partition coefficient (Wildman–Crippen LogP) is 5.69. The van der Waals surface area contributed by atoms with Crippen molar-refractivity contribution >= 4 is 5.78 Å². The Labute approximate surface area is 172 Å². The molecule has 1 heterocycles. The first-order chi connectivity index (χ1) is 14.3. The third-order valence-corrected chi connectivity index (χ3v) is 4.90. The third kappa shape index (κ3) is 3.85. The number of nitrogens with zero attached hydrogens (tertiary/aromatic N) is 1. The van der Waals surface area contributed by atoms with Gasteiger partial charge >= 0.3 is 0 Å². The van der Waals surface area contributed by atoms with Crippen LogP contribution in [0.5, 0.6) is 0 Å². The van der Waals surface area contributed by atoms with E-state index in [-0.39, 0.29) is 11.1 Å². The lowest BCUT2D eigenvalue weighted by atomic mass is 9.95. The molecular weight excluding hydrogens is 391 g/mol. The van der Waals surface area contributed by atoms with Gasteiger partial charge in [0.25, 0.3) is 0 Å². The van der Waals surface area contributed by atoms with E-state index in [4.69, 9.17) is 0 Å². The summed E-state index contributed by atoms with van der Waals surface area (Å²) in [7, 11) is 0. The van der Waals surface area contributed by atoms with E-state index in [0.717, 1.165) is 18.6 Å². The minimum Gasteiger partial charge on any atom is -0.347 e. The number of aryl methyl sites for hydroxylation is 2. The number of allylic oxidation sites excluding steroid dienone is 1. The molecule has 0 aliphatic rings. The summed E-state index contributed by atoms with van der Waals surface area (Å²) in [5.74, 6) is -4.53. The first-order valence-electron chi connectivity index (χ1n) is 9.44. The van der Waals surface area contributed by atoms with Crippen molar-refractivity contribution in [1.82, 2.24) is 4.57 Å². The number of halogens is 3. The van der Waals surface area contributed by atoms with Crippen LogP contribution in [0.1, 0.15) is 29.3 Å². The van der Waals surface area contributed by atoms with Gasteiger partial charge in [-0.3, -0.25) is 9.59 Å². The molecule has 0 bridgehead atoms. The fourth-order valence-electron chi connectivity index (χ4n) is 3.35. The molecule has 0 radical (unpaired) electrons. The summed E-state index contributed by atoms with van der Waals surface area (Å²) >= 11 is 0. The Morgan fingerprint density at radius 3 is 2.47 bits per heavy atom. The van der Waals surface area contributed by atoms with Gasteiger partial charge in [0.05, 0.1) is 11.3 Å². The van der Waals surface area contributed by atoms with E-state index in [1.807, 2.05) is 6.92 Å². The molecule has 0 aliphatic heterocycles. The van der Waals surface area contributed by atoms with E-state index in [2.05, 4.69) is 6.58 Å². The van der Waals surface area contributed by atoms with Crippen molar-refractivity contribution in [2.24, 2.45) is 0 Å². The van der Waals surface area contributed by atoms with Crippen LogP contribution in [0, 0.1) is 24.4 Å². The van der Waals surface area contributed by atoms with Crippen LogP contribution < -0.4 is 5.43 Å². The molecule has 154 valence electrons. The smallest absolute Gasteiger partial charge is 0.195 e. The minimum absolute atomic E-state index is 0.0150. The molecule has 0 spiro atoms. The number of pyridine rings is 1. The number of carbonyl (C=O) groups excluding carboxylic acids is 1. The molecule has 0 amide bonds. The fourth-order valence-corrected chi connectivity index (χ4v) is 3.35. The van der Waals surface area contributed by atoms with Crippen molar-refractivity contribution in [3.8, 4) is 22.4 Å². The minimum atomic E-state index is -1.53. The largest absolute Gasteiger partial charge is 0.347 e. The number of hydrogen-bond donors (Lipinski definition) is 0. The third-order valence-electron chi connectivity index (χ3n) is 4.90. The number of aromatic nitrogens is 1. The molecule has 0 atom stereocenters. The Morgan fingerprint density at radius 2 is 1.80 bits per heavy atom. The van der Waals surface area contributed by atoms with E-state index in [1.54, 1.807) is 29.7 Å². The lowest BCUT2D eigenvalue weighted by molar-refractivity contribution is 0.104. The zero-order valence-electron chi connectivity index (χ0n) is 16.6. The maximum Gasteiger partial charge on any atom is 0.195 e. The topological polar surface area (TPSA) is 39.1 Å². The summed E-state index contributed by atoms with van der Waals surface area (Å²) in [5.41, 5.74) is 1.65. The Bertz CT molecular complexity index is 1210. The molecular formula is C24H20F3NO2. The van der Waals surface area contributed by atoms with Gasteiger partial charge < -0.3 is 4.57 Å². The van der Waals surface area contributed by atoms with Crippen molar-refractivity contribution in [3.05, 3.63) is 94.1 Å². The Morgan fingerprint density at radius 1 is 1.07 bits per heavy atom. The molecule has 3 rings (SSSR count). The second-order valence-electron chi connectivity index (χ2n) is 6.95. The quantitative estimate of drug-likeness (QED) is 0.297. The van der Waals surface area contributed by atoms with Crippen LogP contribution in [-0.4, -0.2) is 10.4 Å². The van der Waals surface area contributed by atoms with E-state index >= 15 is 0 Å². The van der Waals surface area contributed by atoms with Crippen LogP contribution in [0.15, 0.2) is 60.0 Å². The summed E-state index contributed by atoms with van der Waals surface area (Å²) in [6, 6.07) is 8.51. The highest BCUT2D eigenvalue weighted by Crippen LogP contribution is 2.32. The molecule has 0 saturated heterocycles. The van der Waals surface area contributed by atoms with Gasteiger partial charge in [0.15, 0.2) is 28.7 Å². The summed E-state index contributed by atoms with van der Waals surface area (Å²) in [4.78, 5) is 24.5. The van der Waals surface area contributed by atoms with Crippen LogP contribution in [0.3, 0.4) is 0 Å². The SMILES string of the molecule is C=CC(=O)c1cn(CCC)c(-c2ccc(C)c(-c3ccc(F)c(F)c3F)c2)cc1=O. The van der Waals surface area contributed by atoms with Crippen LogP contribution in [0.2, 0.25) is 0 Å². The van der Waals surface area contributed by atoms with Gasteiger partial charge in [-0.15, -0.1) is 0 Å². The lowest BCUT2D eigenvalue weighted by Gasteiger charge is -2.16. The maximum atomic E-state index is 14.4. The zero-order valence-corrected chi connectivity index (χ0v) is 16.6. The number of carbonyl (C=O) groups is 1. The van der Waals surface area contributed by atoms with Crippen LogP contribution in [-0.2, 0) is 6.54 Å². The fraction of sp³-hybridized carbons (Fsp3) is 0.167. The van der Waals surface area contributed by atoms with E-state index < -0.39 is 28.7 Å². The van der Waals surface area contributed by atoms with Gasteiger partial charge in [-0.05, 0) is 54.3 Å². The highest BCUT2D eigenvalue weighted by atomic mass is 19.2. The Kier molecular flexibility index (Phi) is 6.06. The highest BCUT2D eigenvalue weighted by molar-refractivity contribution is 6.04. The maximum absolute atomic E-state index is 14.4. The van der Waals surface area contributed by atoms with Crippen LogP contribution in [0.25, 0.3) is 22.4 Å². The van der Waals surface area contributed by atoms with Crippen molar-refractivity contribution in [2.75, 3.05) is 0 Å². The molecule has 1 aromatic heterocycles. The molecule has 0 aliphatic carbocycles. The highest BCUT2D eigenvalue weighted by Gasteiger charge is 2.18. The van der Waals surface area contributed by atoms with Gasteiger partial charge in [-0.2, -0.15) is 0 Å². The van der Waals surface area contributed by atoms with Gasteiger partial charge in [0.2, 0.25) is 0 Å². The summed E-state index contributed by atoms with van der Waals surface area (Å²) in [6.07, 6.45) is 3.32. The average molecular weight is 411 g/mol. The standard InChI is InChI=1S/C24H20F3NO2/c1-4-10-28-13-18(21(29)5-2)22(30)12-20(28)15-7-6-14(3)17(11-15)16-8-9-19(25)24(27)23(16)26/h5-9,11-13H,2,4,10H2,1,3H3. The molecule has 0 unspecified atom stereocenters. The predicted molar refractivity (Wildman–Crippen MR) is 111 cm³/mol. The second-order valence-corrected chi connectivity index (χ2v) is 6.95. The zero-order chi connectivity index (χ0) is 22.0. The van der Waals surface area contributed by atoms with Crippen LogP contribution in [0.4, 0.5) is 13.2 Å². The monoisotopic (exact) mass is 411 g/mol. The normalized spacial score (nSPS) is 10.8. The Hall–Kier alpha value is -3.41. The molecule has 30 heavy (non-hydrogen) atoms. The molecule has 3 nitrogen and oxygen atoms in total. The number of hydrogen-bond acceptors (Lipinski definition) is 2. The molecule has 0 N–H and O–H groups in total. The van der Waals surface area contributed by atoms with E-state index in [1.165, 1.54) is 18.3 Å². The van der Waals surface area contributed by atoms with E-state index in [0.29, 0.717) is 28.9 Å². The number of ketones is 1. The van der Waals surface area contributed by atoms with Gasteiger partial charge in [0.1, 0.15) is 0 Å². The number of rotatable bonds is 6. The van der Waals surface area contributed by atoms with Crippen molar-refractivity contribution in [1.29, 1.82) is 0 Å². The molecule has 0 saturated carbocycles. The summed E-state index contributed by atoms with van der Waals surface area (Å²) in [5, 5.41) is 0. The summed E-state index contributed by atoms with van der Waals surface area (Å²) < 4.78 is 43.3. The average Bonchev–Trinajstić information content (AvgIpc) is 2.73. The molecule has 6 heteroatoms. The van der Waals surface area contributed by atoms with Crippen LogP contribution >= 0.6 is 0 Å². The molecule has 0 fully saturated rings. The first-order valence-corrected chi connectivity index (χ1v) is 9.44. The van der Waals surface area contributed by atoms with Crippen molar-refractivity contribution < 1.29 is 18.0 Å². The summed E-state index contributed by atoms with van der Waals surface area (Å²) in [6.45, 7) is 7.64. The van der Waals surface area contributed by atoms with Gasteiger partial charge in [0, 0.05) is 24.4 Å². The van der Waals surface area contributed by atoms with Crippen molar-refractivity contribution in [2.45, 2.75) is 26.8 Å². The number of benzene rings is 2. The van der Waals surface area contributed by atoms with E-state index in [9.17, 15) is 22.8 Å². The first kappa shape index (κ1) is 21.3. The van der Waals surface area contributed by atoms with Crippen molar-refractivity contribution in [3.63, 3.8) is 0 Å². The second kappa shape index (κ2) is 8.53. The van der Waals surface area contributed by atoms with Gasteiger partial charge in [-0.25, -0.2) is 13.2 Å². The Balaban J connectivity index is 2.23.